The Hall–Kier alpha value is -0.800. The van der Waals surface area contributed by atoms with Crippen LogP contribution in [0.15, 0.2) is 22.7 Å². The van der Waals surface area contributed by atoms with Gasteiger partial charge < -0.3 is 10.3 Å². The fourth-order valence-electron chi connectivity index (χ4n) is 2.25. The Morgan fingerprint density at radius 3 is 2.73 bits per heavy atom. The molecule has 0 fully saturated rings. The number of nitrogens with zero attached hydrogens (tertiary/aromatic N) is 1. The highest BCUT2D eigenvalue weighted by molar-refractivity contribution is 9.10. The average Bonchev–Trinajstić information content (AvgIpc) is 2.53. The number of halogens is 1. The van der Waals surface area contributed by atoms with Crippen LogP contribution >= 0.6 is 15.9 Å². The molecule has 1 heterocycles. The van der Waals surface area contributed by atoms with Crippen molar-refractivity contribution in [3.8, 4) is 0 Å². The lowest BCUT2D eigenvalue weighted by molar-refractivity contribution is 0.842. The summed E-state index contributed by atoms with van der Waals surface area (Å²) >= 11 is 3.60. The molecule has 0 aliphatic heterocycles. The molecule has 2 nitrogen and oxygen atoms in total. The Bertz CT molecular complexity index is 500. The van der Waals surface area contributed by atoms with Crippen LogP contribution < -0.4 is 5.73 Å². The number of hydrogen-bond donors (Lipinski definition) is 1. The summed E-state index contributed by atoms with van der Waals surface area (Å²) in [6.07, 6.45) is 1.02. The average molecular weight is 267 g/mol. The largest absolute Gasteiger partial charge is 0.347 e. The van der Waals surface area contributed by atoms with E-state index in [1.165, 1.54) is 22.2 Å². The highest BCUT2D eigenvalue weighted by atomic mass is 79.9. The number of benzene rings is 1. The van der Waals surface area contributed by atoms with Crippen LogP contribution in [0.25, 0.3) is 10.9 Å². The van der Waals surface area contributed by atoms with Gasteiger partial charge in [-0.05, 0) is 24.1 Å². The second-order valence-corrected chi connectivity index (χ2v) is 4.53. The van der Waals surface area contributed by atoms with Gasteiger partial charge in [0.1, 0.15) is 0 Å². The normalized spacial score (nSPS) is 11.2. The zero-order valence-corrected chi connectivity index (χ0v) is 10.6. The lowest BCUT2D eigenvalue weighted by Gasteiger charge is -2.02. The summed E-state index contributed by atoms with van der Waals surface area (Å²) < 4.78 is 3.37. The van der Waals surface area contributed by atoms with Crippen LogP contribution in [-0.2, 0) is 20.0 Å². The van der Waals surface area contributed by atoms with E-state index in [9.17, 15) is 0 Å². The van der Waals surface area contributed by atoms with Crippen LogP contribution in [0.4, 0.5) is 0 Å². The molecule has 0 saturated carbocycles. The topological polar surface area (TPSA) is 30.9 Å². The molecule has 3 heteroatoms. The summed E-state index contributed by atoms with van der Waals surface area (Å²) in [5, 5.41) is 1.26. The van der Waals surface area contributed by atoms with E-state index in [2.05, 4.69) is 52.7 Å². The molecular formula is C12H15BrN2. The zero-order chi connectivity index (χ0) is 11.0. The Labute approximate surface area is 98.2 Å². The van der Waals surface area contributed by atoms with Crippen molar-refractivity contribution in [2.75, 3.05) is 0 Å². The maximum atomic E-state index is 5.84. The molecule has 80 valence electrons. The van der Waals surface area contributed by atoms with Crippen molar-refractivity contribution >= 4 is 26.8 Å². The van der Waals surface area contributed by atoms with Crippen LogP contribution in [0.5, 0.6) is 0 Å². The maximum Gasteiger partial charge on any atom is 0.0494 e. The van der Waals surface area contributed by atoms with Crippen LogP contribution in [0.2, 0.25) is 0 Å². The molecule has 2 aromatic rings. The molecule has 0 radical (unpaired) electrons. The van der Waals surface area contributed by atoms with E-state index >= 15 is 0 Å². The Balaban J connectivity index is 2.91. The number of hydrogen-bond acceptors (Lipinski definition) is 1. The van der Waals surface area contributed by atoms with Gasteiger partial charge in [0, 0.05) is 34.7 Å². The molecule has 0 atom stereocenters. The lowest BCUT2D eigenvalue weighted by atomic mass is 10.1. The van der Waals surface area contributed by atoms with Crippen LogP contribution in [-0.4, -0.2) is 4.57 Å². The summed E-state index contributed by atoms with van der Waals surface area (Å²) in [6, 6.07) is 6.27. The molecule has 2 N–H and O–H groups in total. The van der Waals surface area contributed by atoms with E-state index in [0.29, 0.717) is 6.54 Å². The first-order valence-electron chi connectivity index (χ1n) is 5.15. The van der Waals surface area contributed by atoms with Gasteiger partial charge in [0.25, 0.3) is 0 Å². The van der Waals surface area contributed by atoms with Gasteiger partial charge >= 0.3 is 0 Å². The summed E-state index contributed by atoms with van der Waals surface area (Å²) in [6.45, 7) is 2.77. The highest BCUT2D eigenvalue weighted by Gasteiger charge is 2.13. The third-order valence-corrected chi connectivity index (χ3v) is 3.61. The van der Waals surface area contributed by atoms with Gasteiger partial charge in [0.05, 0.1) is 0 Å². The summed E-state index contributed by atoms with van der Waals surface area (Å²) in [7, 11) is 2.10. The van der Waals surface area contributed by atoms with Gasteiger partial charge in [-0.1, -0.05) is 28.9 Å². The third kappa shape index (κ3) is 1.50. The van der Waals surface area contributed by atoms with Gasteiger partial charge in [-0.15, -0.1) is 0 Å². The highest BCUT2D eigenvalue weighted by Crippen LogP contribution is 2.31. The van der Waals surface area contributed by atoms with Crippen LogP contribution in [0, 0.1) is 0 Å². The van der Waals surface area contributed by atoms with Crippen molar-refractivity contribution in [2.24, 2.45) is 12.8 Å². The lowest BCUT2D eigenvalue weighted by Crippen LogP contribution is -2.02. The molecule has 0 unspecified atom stereocenters. The van der Waals surface area contributed by atoms with Crippen molar-refractivity contribution < 1.29 is 0 Å². The molecule has 15 heavy (non-hydrogen) atoms. The zero-order valence-electron chi connectivity index (χ0n) is 9.05. The molecule has 2 rings (SSSR count). The predicted octanol–water partition coefficient (Wildman–Crippen LogP) is 2.96. The van der Waals surface area contributed by atoms with Crippen molar-refractivity contribution in [1.29, 1.82) is 0 Å². The van der Waals surface area contributed by atoms with Crippen molar-refractivity contribution in [3.05, 3.63) is 33.9 Å². The molecule has 0 aliphatic carbocycles. The van der Waals surface area contributed by atoms with Gasteiger partial charge in [0.15, 0.2) is 0 Å². The van der Waals surface area contributed by atoms with E-state index in [0.717, 1.165) is 10.9 Å². The molecular weight excluding hydrogens is 252 g/mol. The summed E-state index contributed by atoms with van der Waals surface area (Å²) in [5.41, 5.74) is 9.69. The van der Waals surface area contributed by atoms with Gasteiger partial charge in [-0.2, -0.15) is 0 Å². The van der Waals surface area contributed by atoms with Crippen LogP contribution in [0.1, 0.15) is 18.2 Å². The fourth-order valence-corrected chi connectivity index (χ4v) is 2.85. The Morgan fingerprint density at radius 1 is 1.40 bits per heavy atom. The maximum absolute atomic E-state index is 5.84. The van der Waals surface area contributed by atoms with Crippen molar-refractivity contribution in [3.63, 3.8) is 0 Å². The molecule has 0 saturated heterocycles. The van der Waals surface area contributed by atoms with Crippen molar-refractivity contribution in [1.82, 2.24) is 4.57 Å². The van der Waals surface area contributed by atoms with Crippen molar-refractivity contribution in [2.45, 2.75) is 19.9 Å². The third-order valence-electron chi connectivity index (χ3n) is 2.95. The first-order valence-corrected chi connectivity index (χ1v) is 5.94. The minimum Gasteiger partial charge on any atom is -0.347 e. The Morgan fingerprint density at radius 2 is 2.13 bits per heavy atom. The van der Waals surface area contributed by atoms with E-state index in [-0.39, 0.29) is 0 Å². The first-order chi connectivity index (χ1) is 7.20. The molecule has 0 amide bonds. The second-order valence-electron chi connectivity index (χ2n) is 3.68. The van der Waals surface area contributed by atoms with E-state index in [1.807, 2.05) is 0 Å². The second kappa shape index (κ2) is 3.99. The first kappa shape index (κ1) is 10.7. The van der Waals surface area contributed by atoms with Gasteiger partial charge in [-0.25, -0.2) is 0 Å². The standard InChI is InChI=1S/C12H15BrN2/c1-3-10-8(7-14)12-9(13)5-4-6-11(12)15(10)2/h4-6H,3,7,14H2,1-2H3. The smallest absolute Gasteiger partial charge is 0.0494 e. The van der Waals surface area contributed by atoms with Gasteiger partial charge in [0.2, 0.25) is 0 Å². The summed E-state index contributed by atoms with van der Waals surface area (Å²) in [5.74, 6) is 0. The molecule has 0 bridgehead atoms. The van der Waals surface area contributed by atoms with E-state index in [1.54, 1.807) is 0 Å². The number of fused-ring (bicyclic) bond motifs is 1. The number of nitrogens with two attached hydrogens (primary N) is 1. The number of rotatable bonds is 2. The predicted molar refractivity (Wildman–Crippen MR) is 67.9 cm³/mol. The summed E-state index contributed by atoms with van der Waals surface area (Å²) in [4.78, 5) is 0. The molecule has 0 spiro atoms. The van der Waals surface area contributed by atoms with E-state index in [4.69, 9.17) is 5.73 Å². The minimum absolute atomic E-state index is 0.600. The van der Waals surface area contributed by atoms with Gasteiger partial charge in [-0.3, -0.25) is 0 Å². The molecule has 1 aromatic carbocycles. The minimum atomic E-state index is 0.600. The van der Waals surface area contributed by atoms with E-state index < -0.39 is 0 Å². The SMILES string of the molecule is CCc1c(CN)c2c(Br)cccc2n1C. The quantitative estimate of drug-likeness (QED) is 0.891. The number of aryl methyl sites for hydroxylation is 1. The number of aromatic nitrogens is 1. The Kier molecular flexibility index (Phi) is 2.85. The monoisotopic (exact) mass is 266 g/mol. The molecule has 0 aliphatic rings. The fraction of sp³-hybridized carbons (Fsp3) is 0.333. The molecule has 1 aromatic heterocycles. The van der Waals surface area contributed by atoms with Crippen LogP contribution in [0.3, 0.4) is 0 Å².